The highest BCUT2D eigenvalue weighted by Crippen LogP contribution is 1.97. The molecule has 0 radical (unpaired) electrons. The highest BCUT2D eigenvalue weighted by molar-refractivity contribution is 5.73. The molecule has 0 aromatic carbocycles. The molecule has 0 spiro atoms. The molecular formula is C8H10N2O2. The maximum absolute atomic E-state index is 10.8. The highest BCUT2D eigenvalue weighted by Gasteiger charge is 1.96. The molecule has 0 bridgehead atoms. The number of hydrogen-bond acceptors (Lipinski definition) is 2. The Bertz CT molecular complexity index is 330. The summed E-state index contributed by atoms with van der Waals surface area (Å²) >= 11 is 0. The number of primary amides is 1. The fourth-order valence-electron chi connectivity index (χ4n) is 0.912. The van der Waals surface area contributed by atoms with Gasteiger partial charge in [-0.25, -0.2) is 0 Å². The van der Waals surface area contributed by atoms with Crippen molar-refractivity contribution in [3.05, 3.63) is 34.2 Å². The number of nitrogens with one attached hydrogen (secondary N) is 1. The molecule has 1 amide bonds. The van der Waals surface area contributed by atoms with Gasteiger partial charge in [0, 0.05) is 18.7 Å². The van der Waals surface area contributed by atoms with Gasteiger partial charge in [0.1, 0.15) is 0 Å². The second-order valence-electron chi connectivity index (χ2n) is 2.53. The fourth-order valence-corrected chi connectivity index (χ4v) is 0.912. The lowest BCUT2D eigenvalue weighted by molar-refractivity contribution is -0.117. The molecule has 1 heterocycles. The normalized spacial score (nSPS) is 9.67. The van der Waals surface area contributed by atoms with Crippen LogP contribution in [0.4, 0.5) is 0 Å². The zero-order chi connectivity index (χ0) is 8.97. The second kappa shape index (κ2) is 3.71. The van der Waals surface area contributed by atoms with E-state index in [9.17, 15) is 9.59 Å². The number of hydrogen-bond donors (Lipinski definition) is 2. The summed E-state index contributed by atoms with van der Waals surface area (Å²) in [5.41, 5.74) is 5.63. The summed E-state index contributed by atoms with van der Waals surface area (Å²) in [7, 11) is 0. The van der Waals surface area contributed by atoms with Crippen LogP contribution in [0, 0.1) is 0 Å². The van der Waals surface area contributed by atoms with Gasteiger partial charge in [-0.2, -0.15) is 0 Å². The minimum atomic E-state index is -0.352. The van der Waals surface area contributed by atoms with Crippen LogP contribution in [0.3, 0.4) is 0 Å². The Morgan fingerprint density at radius 2 is 2.33 bits per heavy atom. The summed E-state index contributed by atoms with van der Waals surface area (Å²) in [4.78, 5) is 23.6. The minimum absolute atomic E-state index is 0.156. The van der Waals surface area contributed by atoms with Crippen molar-refractivity contribution in [1.82, 2.24) is 4.98 Å². The van der Waals surface area contributed by atoms with Gasteiger partial charge in [-0.3, -0.25) is 9.59 Å². The molecule has 4 nitrogen and oxygen atoms in total. The lowest BCUT2D eigenvalue weighted by atomic mass is 10.1. The van der Waals surface area contributed by atoms with E-state index in [-0.39, 0.29) is 17.9 Å². The van der Waals surface area contributed by atoms with Gasteiger partial charge < -0.3 is 10.7 Å². The third-order valence-electron chi connectivity index (χ3n) is 1.50. The van der Waals surface area contributed by atoms with Crippen LogP contribution in [0.5, 0.6) is 0 Å². The van der Waals surface area contributed by atoms with Crippen LogP contribution < -0.4 is 11.3 Å². The largest absolute Gasteiger partial charge is 0.370 e. The zero-order valence-corrected chi connectivity index (χ0v) is 6.54. The third-order valence-corrected chi connectivity index (χ3v) is 1.50. The third kappa shape index (κ3) is 2.57. The SMILES string of the molecule is NC(=O)CCc1cc[nH]c(=O)c1. The average molecular weight is 166 g/mol. The van der Waals surface area contributed by atoms with Crippen LogP contribution in [0.25, 0.3) is 0 Å². The Morgan fingerprint density at radius 3 is 2.92 bits per heavy atom. The van der Waals surface area contributed by atoms with E-state index >= 15 is 0 Å². The molecule has 4 heteroatoms. The van der Waals surface area contributed by atoms with E-state index in [0.717, 1.165) is 5.56 Å². The summed E-state index contributed by atoms with van der Waals surface area (Å²) in [5, 5.41) is 0. The van der Waals surface area contributed by atoms with E-state index in [1.165, 1.54) is 6.07 Å². The van der Waals surface area contributed by atoms with Crippen molar-refractivity contribution in [2.45, 2.75) is 12.8 Å². The number of rotatable bonds is 3. The quantitative estimate of drug-likeness (QED) is 0.652. The van der Waals surface area contributed by atoms with E-state index in [0.29, 0.717) is 6.42 Å². The second-order valence-corrected chi connectivity index (χ2v) is 2.53. The van der Waals surface area contributed by atoms with Gasteiger partial charge in [-0.1, -0.05) is 0 Å². The molecule has 64 valence electrons. The van der Waals surface area contributed by atoms with Crippen LogP contribution in [0.1, 0.15) is 12.0 Å². The number of aryl methyl sites for hydroxylation is 1. The van der Waals surface area contributed by atoms with Gasteiger partial charge in [0.25, 0.3) is 0 Å². The Hall–Kier alpha value is -1.58. The van der Waals surface area contributed by atoms with Gasteiger partial charge in [0.05, 0.1) is 0 Å². The highest BCUT2D eigenvalue weighted by atomic mass is 16.1. The summed E-state index contributed by atoms with van der Waals surface area (Å²) in [6.45, 7) is 0. The molecule has 12 heavy (non-hydrogen) atoms. The maximum Gasteiger partial charge on any atom is 0.248 e. The van der Waals surface area contributed by atoms with E-state index in [1.54, 1.807) is 12.3 Å². The van der Waals surface area contributed by atoms with Crippen LogP contribution >= 0.6 is 0 Å². The monoisotopic (exact) mass is 166 g/mol. The summed E-state index contributed by atoms with van der Waals surface area (Å²) in [6.07, 6.45) is 2.36. The topological polar surface area (TPSA) is 76.0 Å². The van der Waals surface area contributed by atoms with E-state index in [2.05, 4.69) is 4.98 Å². The Balaban J connectivity index is 2.64. The molecular weight excluding hydrogens is 156 g/mol. The number of amides is 1. The number of aromatic amines is 1. The standard InChI is InChI=1S/C8H10N2O2/c9-7(11)2-1-6-3-4-10-8(12)5-6/h3-5H,1-2H2,(H2,9,11)(H,10,12). The molecule has 1 rings (SSSR count). The van der Waals surface area contributed by atoms with Crippen molar-refractivity contribution in [3.63, 3.8) is 0 Å². The maximum atomic E-state index is 10.8. The molecule has 0 unspecified atom stereocenters. The van der Waals surface area contributed by atoms with Gasteiger partial charge in [0.15, 0.2) is 0 Å². The lowest BCUT2D eigenvalue weighted by Gasteiger charge is -1.95. The molecule has 0 fully saturated rings. The van der Waals surface area contributed by atoms with Gasteiger partial charge in [-0.15, -0.1) is 0 Å². The van der Waals surface area contributed by atoms with E-state index in [1.807, 2.05) is 0 Å². The first-order valence-corrected chi connectivity index (χ1v) is 3.64. The molecule has 0 aliphatic heterocycles. The summed E-state index contributed by atoms with van der Waals surface area (Å²) in [6, 6.07) is 3.22. The number of carbonyl (C=O) groups excluding carboxylic acids is 1. The van der Waals surface area contributed by atoms with Crippen molar-refractivity contribution in [2.24, 2.45) is 5.73 Å². The molecule has 1 aromatic rings. The first-order chi connectivity index (χ1) is 5.68. The predicted octanol–water partition coefficient (Wildman–Crippen LogP) is -0.207. The number of aromatic nitrogens is 1. The van der Waals surface area contributed by atoms with Crippen molar-refractivity contribution < 1.29 is 4.79 Å². The van der Waals surface area contributed by atoms with Crippen molar-refractivity contribution in [1.29, 1.82) is 0 Å². The first-order valence-electron chi connectivity index (χ1n) is 3.64. The molecule has 0 aliphatic rings. The van der Waals surface area contributed by atoms with Crippen LogP contribution in [-0.2, 0) is 11.2 Å². The fraction of sp³-hybridized carbons (Fsp3) is 0.250. The molecule has 3 N–H and O–H groups in total. The summed E-state index contributed by atoms with van der Waals surface area (Å²) < 4.78 is 0. The average Bonchev–Trinajstić information content (AvgIpc) is 2.01. The van der Waals surface area contributed by atoms with Gasteiger partial charge in [-0.05, 0) is 18.1 Å². The van der Waals surface area contributed by atoms with Gasteiger partial charge >= 0.3 is 0 Å². The smallest absolute Gasteiger partial charge is 0.248 e. The molecule has 0 saturated carbocycles. The van der Waals surface area contributed by atoms with Crippen molar-refractivity contribution in [3.8, 4) is 0 Å². The zero-order valence-electron chi connectivity index (χ0n) is 6.54. The van der Waals surface area contributed by atoms with Crippen LogP contribution in [-0.4, -0.2) is 10.9 Å². The molecule has 1 aromatic heterocycles. The summed E-state index contributed by atoms with van der Waals surface area (Å²) in [5.74, 6) is -0.352. The minimum Gasteiger partial charge on any atom is -0.370 e. The van der Waals surface area contributed by atoms with Crippen molar-refractivity contribution in [2.75, 3.05) is 0 Å². The number of pyridine rings is 1. The molecule has 0 atom stereocenters. The number of H-pyrrole nitrogens is 1. The van der Waals surface area contributed by atoms with Crippen LogP contribution in [0.15, 0.2) is 23.1 Å². The Kier molecular flexibility index (Phi) is 2.63. The number of nitrogens with two attached hydrogens (primary N) is 1. The Labute approximate surface area is 69.4 Å². The van der Waals surface area contributed by atoms with Gasteiger partial charge in [0.2, 0.25) is 11.5 Å². The lowest BCUT2D eigenvalue weighted by Crippen LogP contribution is -2.12. The van der Waals surface area contributed by atoms with E-state index < -0.39 is 0 Å². The predicted molar refractivity (Wildman–Crippen MR) is 44.6 cm³/mol. The van der Waals surface area contributed by atoms with Crippen LogP contribution in [0.2, 0.25) is 0 Å². The van der Waals surface area contributed by atoms with E-state index in [4.69, 9.17) is 5.73 Å². The molecule has 0 aliphatic carbocycles. The van der Waals surface area contributed by atoms with Crippen molar-refractivity contribution >= 4 is 5.91 Å². The molecule has 0 saturated heterocycles. The Morgan fingerprint density at radius 1 is 1.58 bits per heavy atom. The number of carbonyl (C=O) groups is 1. The first kappa shape index (κ1) is 8.52.